The maximum atomic E-state index is 12.8. The Labute approximate surface area is 515 Å². The van der Waals surface area contributed by atoms with Gasteiger partial charge in [-0.15, -0.1) is 0 Å². The molecule has 9 nitrogen and oxygen atoms in total. The molecule has 0 rings (SSSR count). The molecule has 0 aliphatic rings. The molecule has 488 valence electrons. The van der Waals surface area contributed by atoms with Crippen LogP contribution in [0.1, 0.15) is 373 Å². The maximum absolute atomic E-state index is 12.8. The van der Waals surface area contributed by atoms with Gasteiger partial charge in [0.2, 0.25) is 0 Å². The number of unbranched alkanes of at least 4 members (excludes halogenated alkanes) is 48. The lowest BCUT2D eigenvalue weighted by Crippen LogP contribution is -2.29. The van der Waals surface area contributed by atoms with Crippen molar-refractivity contribution in [1.29, 1.82) is 0 Å². The Kier molecular flexibility index (Phi) is 67.4. The van der Waals surface area contributed by atoms with Gasteiger partial charge in [-0.05, 0) is 77.0 Å². The third-order valence-corrected chi connectivity index (χ3v) is 17.2. The van der Waals surface area contributed by atoms with Gasteiger partial charge < -0.3 is 20.1 Å². The Bertz CT molecular complexity index is 1500. The molecule has 83 heavy (non-hydrogen) atoms. The number of carbonyl (C=O) groups excluding carboxylic acids is 2. The van der Waals surface area contributed by atoms with Crippen LogP contribution < -0.4 is 5.73 Å². The minimum absolute atomic E-state index is 0.0547. The predicted octanol–water partition coefficient (Wildman–Crippen LogP) is 23.6. The number of hydrogen-bond donors (Lipinski definition) is 2. The highest BCUT2D eigenvalue weighted by atomic mass is 31.2. The first-order valence-electron chi connectivity index (χ1n) is 36.1. The summed E-state index contributed by atoms with van der Waals surface area (Å²) in [6.45, 7) is 3.78. The van der Waals surface area contributed by atoms with Gasteiger partial charge in [-0.1, -0.05) is 332 Å². The first-order valence-corrected chi connectivity index (χ1v) is 37.6. The predicted molar refractivity (Wildman–Crippen MR) is 358 cm³/mol. The zero-order valence-corrected chi connectivity index (χ0v) is 55.8. The van der Waals surface area contributed by atoms with E-state index in [1.54, 1.807) is 0 Å². The lowest BCUT2D eigenvalue weighted by Gasteiger charge is -2.19. The van der Waals surface area contributed by atoms with Gasteiger partial charge in [-0.25, -0.2) is 4.57 Å². The minimum atomic E-state index is -4.39. The van der Waals surface area contributed by atoms with E-state index < -0.39 is 26.5 Å². The SMILES string of the molecule is CCCCCCC/C=C\C/C=C\CCCCCCCCCCCCCCCCCCCCCCCCCCCCCC(=O)OC(COC(=O)CCCCCCCCCCCCC/C=C\C/C=C\CCCCCCC)COP(=O)(O)OCCN. The molecule has 0 aromatic heterocycles. The van der Waals surface area contributed by atoms with Crippen molar-refractivity contribution >= 4 is 19.8 Å². The molecule has 0 spiro atoms. The number of ether oxygens (including phenoxy) is 2. The summed E-state index contributed by atoms with van der Waals surface area (Å²) in [4.78, 5) is 35.3. The number of carbonyl (C=O) groups is 2. The molecule has 0 radical (unpaired) electrons. The van der Waals surface area contributed by atoms with Gasteiger partial charge in [0.1, 0.15) is 6.61 Å². The summed E-state index contributed by atoms with van der Waals surface area (Å²) in [6, 6.07) is 0. The molecule has 0 fully saturated rings. The third kappa shape index (κ3) is 68.9. The molecule has 0 amide bonds. The zero-order chi connectivity index (χ0) is 60.1. The van der Waals surface area contributed by atoms with E-state index in [2.05, 4.69) is 62.5 Å². The van der Waals surface area contributed by atoms with Crippen molar-refractivity contribution in [2.24, 2.45) is 5.73 Å². The standard InChI is InChI=1S/C73H138NO8P/c1-3-5-7-9-11-13-15-17-19-21-23-25-27-28-29-30-31-32-33-34-35-36-37-38-39-40-41-42-44-46-48-50-52-54-56-58-60-62-64-66-73(76)82-71(70-81-83(77,78)80-68-67-74)69-79-72(75)65-63-61-59-57-55-53-51-49-47-45-43-26-24-22-20-18-16-14-12-10-8-6-4-2/h15-18,21-24,71H,3-14,19-20,25-70,74H2,1-2H3,(H,77,78)/b17-15-,18-16-,23-21-,24-22-. The van der Waals surface area contributed by atoms with E-state index in [1.807, 2.05) is 0 Å². The fraction of sp³-hybridized carbons (Fsp3) is 0.863. The van der Waals surface area contributed by atoms with Gasteiger partial charge in [0.05, 0.1) is 13.2 Å². The fourth-order valence-electron chi connectivity index (χ4n) is 10.8. The Morgan fingerprint density at radius 3 is 0.916 bits per heavy atom. The molecule has 0 aliphatic carbocycles. The molecule has 0 aromatic carbocycles. The summed E-state index contributed by atoms with van der Waals surface area (Å²) >= 11 is 0. The number of rotatable bonds is 69. The number of phosphoric acid groups is 1. The van der Waals surface area contributed by atoms with Crippen LogP contribution >= 0.6 is 7.82 Å². The van der Waals surface area contributed by atoms with E-state index in [0.29, 0.717) is 6.42 Å². The van der Waals surface area contributed by atoms with Crippen LogP contribution in [0.5, 0.6) is 0 Å². The van der Waals surface area contributed by atoms with Crippen LogP contribution in [0.3, 0.4) is 0 Å². The number of esters is 2. The number of allylic oxidation sites excluding steroid dienone is 8. The van der Waals surface area contributed by atoms with Gasteiger partial charge >= 0.3 is 19.8 Å². The van der Waals surface area contributed by atoms with Crippen LogP contribution in [0.4, 0.5) is 0 Å². The maximum Gasteiger partial charge on any atom is 0.472 e. The van der Waals surface area contributed by atoms with E-state index >= 15 is 0 Å². The molecule has 0 heterocycles. The highest BCUT2D eigenvalue weighted by Crippen LogP contribution is 2.43. The van der Waals surface area contributed by atoms with Crippen molar-refractivity contribution < 1.29 is 37.6 Å². The van der Waals surface area contributed by atoms with Crippen LogP contribution in [-0.4, -0.2) is 49.3 Å². The van der Waals surface area contributed by atoms with E-state index in [1.165, 1.54) is 295 Å². The number of nitrogens with two attached hydrogens (primary N) is 1. The van der Waals surface area contributed by atoms with Crippen molar-refractivity contribution in [2.75, 3.05) is 26.4 Å². The highest BCUT2D eigenvalue weighted by molar-refractivity contribution is 7.47. The molecular formula is C73H138NO8P. The molecule has 2 unspecified atom stereocenters. The fourth-order valence-corrected chi connectivity index (χ4v) is 11.6. The Balaban J connectivity index is 3.77. The molecule has 10 heteroatoms. The van der Waals surface area contributed by atoms with Crippen LogP contribution in [0.15, 0.2) is 48.6 Å². The summed E-state index contributed by atoms with van der Waals surface area (Å²) in [5.41, 5.74) is 5.40. The second-order valence-electron chi connectivity index (χ2n) is 24.5. The quantitative estimate of drug-likeness (QED) is 0.0264. The topological polar surface area (TPSA) is 134 Å². The summed E-state index contributed by atoms with van der Waals surface area (Å²) in [5, 5.41) is 0. The van der Waals surface area contributed by atoms with Crippen molar-refractivity contribution in [1.82, 2.24) is 0 Å². The van der Waals surface area contributed by atoms with E-state index in [0.717, 1.165) is 44.9 Å². The smallest absolute Gasteiger partial charge is 0.462 e. The Morgan fingerprint density at radius 2 is 0.627 bits per heavy atom. The van der Waals surface area contributed by atoms with E-state index in [-0.39, 0.29) is 38.6 Å². The molecule has 2 atom stereocenters. The summed E-state index contributed by atoms with van der Waals surface area (Å²) < 4.78 is 33.2. The zero-order valence-electron chi connectivity index (χ0n) is 55.0. The second-order valence-corrected chi connectivity index (χ2v) is 25.9. The van der Waals surface area contributed by atoms with Crippen molar-refractivity contribution in [3.8, 4) is 0 Å². The van der Waals surface area contributed by atoms with Gasteiger partial charge in [0.25, 0.3) is 0 Å². The number of hydrogen-bond acceptors (Lipinski definition) is 8. The van der Waals surface area contributed by atoms with Crippen LogP contribution in [0.2, 0.25) is 0 Å². The average Bonchev–Trinajstić information content (AvgIpc) is 3.48. The van der Waals surface area contributed by atoms with E-state index in [9.17, 15) is 19.0 Å². The Morgan fingerprint density at radius 1 is 0.361 bits per heavy atom. The average molecular weight is 1190 g/mol. The summed E-state index contributed by atoms with van der Waals surface area (Å²) in [7, 11) is -4.39. The molecule has 3 N–H and O–H groups in total. The lowest BCUT2D eigenvalue weighted by molar-refractivity contribution is -0.161. The third-order valence-electron chi connectivity index (χ3n) is 16.2. The normalized spacial score (nSPS) is 13.2. The largest absolute Gasteiger partial charge is 0.472 e. The molecule has 0 aliphatic heterocycles. The first-order chi connectivity index (χ1) is 40.8. The highest BCUT2D eigenvalue weighted by Gasteiger charge is 2.26. The van der Waals surface area contributed by atoms with Gasteiger partial charge in [0.15, 0.2) is 6.10 Å². The van der Waals surface area contributed by atoms with Gasteiger partial charge in [-0.2, -0.15) is 0 Å². The van der Waals surface area contributed by atoms with Gasteiger partial charge in [-0.3, -0.25) is 18.6 Å². The minimum Gasteiger partial charge on any atom is -0.462 e. The first kappa shape index (κ1) is 81.0. The summed E-state index contributed by atoms with van der Waals surface area (Å²) in [5.74, 6) is -0.811. The van der Waals surface area contributed by atoms with Crippen LogP contribution in [0, 0.1) is 0 Å². The number of phosphoric ester groups is 1. The van der Waals surface area contributed by atoms with Crippen LogP contribution in [-0.2, 0) is 32.7 Å². The molecule has 0 saturated heterocycles. The molecule has 0 saturated carbocycles. The van der Waals surface area contributed by atoms with Crippen molar-refractivity contribution in [3.05, 3.63) is 48.6 Å². The Hall–Kier alpha value is -2.03. The van der Waals surface area contributed by atoms with E-state index in [4.69, 9.17) is 24.3 Å². The second kappa shape index (κ2) is 69.1. The molecule has 0 bridgehead atoms. The monoisotopic (exact) mass is 1190 g/mol. The molecule has 0 aromatic rings. The van der Waals surface area contributed by atoms with Crippen molar-refractivity contribution in [2.45, 2.75) is 380 Å². The van der Waals surface area contributed by atoms with Gasteiger partial charge in [0, 0.05) is 19.4 Å². The molecular weight excluding hydrogens is 1050 g/mol. The van der Waals surface area contributed by atoms with Crippen molar-refractivity contribution in [3.63, 3.8) is 0 Å². The van der Waals surface area contributed by atoms with Crippen LogP contribution in [0.25, 0.3) is 0 Å². The summed E-state index contributed by atoms with van der Waals surface area (Å²) in [6.07, 6.45) is 88.0. The lowest BCUT2D eigenvalue weighted by atomic mass is 10.0.